The summed E-state index contributed by atoms with van der Waals surface area (Å²) in [6.07, 6.45) is 1.45. The summed E-state index contributed by atoms with van der Waals surface area (Å²) in [4.78, 5) is 28.3. The minimum atomic E-state index is -0.560. The Morgan fingerprint density at radius 1 is 1.04 bits per heavy atom. The first-order valence-electron chi connectivity index (χ1n) is 7.07. The molecule has 6 heteroatoms. The number of carbonyl (C=O) groups excluding carboxylic acids is 2. The number of methoxy groups -OCH3 is 2. The molecule has 0 saturated heterocycles. The van der Waals surface area contributed by atoms with Gasteiger partial charge in [0.2, 0.25) is 0 Å². The average molecular weight is 346 g/mol. The minimum absolute atomic E-state index is 0.232. The van der Waals surface area contributed by atoms with E-state index in [0.717, 1.165) is 5.56 Å². The van der Waals surface area contributed by atoms with Gasteiger partial charge in [-0.05, 0) is 42.8 Å². The largest absolute Gasteiger partial charge is 0.465 e. The molecule has 2 aromatic carbocycles. The summed E-state index contributed by atoms with van der Waals surface area (Å²) in [6, 6.07) is 9.97. The van der Waals surface area contributed by atoms with Crippen molar-refractivity contribution in [2.75, 3.05) is 14.2 Å². The second kappa shape index (κ2) is 7.75. The highest BCUT2D eigenvalue weighted by molar-refractivity contribution is 6.30. The lowest BCUT2D eigenvalue weighted by atomic mass is 10.0. The molecule has 0 N–H and O–H groups in total. The maximum atomic E-state index is 12.0. The molecule has 2 aromatic rings. The van der Waals surface area contributed by atoms with Crippen LogP contribution in [0.1, 0.15) is 31.8 Å². The van der Waals surface area contributed by atoms with Gasteiger partial charge in [-0.15, -0.1) is 0 Å². The zero-order chi connectivity index (χ0) is 17.7. The standard InChI is InChI=1S/C18H16ClNO4/c1-11-9-12(19)7-8-16(11)20-10-15-13(17(21)23-2)5-4-6-14(15)18(22)24-3/h4-10H,1-3H3. The van der Waals surface area contributed by atoms with E-state index >= 15 is 0 Å². The van der Waals surface area contributed by atoms with E-state index in [1.54, 1.807) is 36.4 Å². The van der Waals surface area contributed by atoms with Gasteiger partial charge in [0.05, 0.1) is 31.0 Å². The molecular weight excluding hydrogens is 330 g/mol. The molecule has 0 fully saturated rings. The molecule has 0 aromatic heterocycles. The van der Waals surface area contributed by atoms with Crippen LogP contribution in [-0.2, 0) is 9.47 Å². The summed E-state index contributed by atoms with van der Waals surface area (Å²) in [6.45, 7) is 1.87. The van der Waals surface area contributed by atoms with Crippen molar-refractivity contribution in [3.63, 3.8) is 0 Å². The zero-order valence-electron chi connectivity index (χ0n) is 13.5. The highest BCUT2D eigenvalue weighted by atomic mass is 35.5. The van der Waals surface area contributed by atoms with Gasteiger partial charge in [-0.25, -0.2) is 9.59 Å². The fraction of sp³-hybridized carbons (Fsp3) is 0.167. The molecule has 0 radical (unpaired) electrons. The molecule has 124 valence electrons. The van der Waals surface area contributed by atoms with E-state index in [1.165, 1.54) is 20.4 Å². The van der Waals surface area contributed by atoms with E-state index < -0.39 is 11.9 Å². The second-order valence-corrected chi connectivity index (χ2v) is 5.38. The normalized spacial score (nSPS) is 10.7. The lowest BCUT2D eigenvalue weighted by molar-refractivity contribution is 0.0599. The number of aryl methyl sites for hydroxylation is 1. The van der Waals surface area contributed by atoms with E-state index in [1.807, 2.05) is 6.92 Å². The molecule has 24 heavy (non-hydrogen) atoms. The van der Waals surface area contributed by atoms with Gasteiger partial charge in [-0.3, -0.25) is 4.99 Å². The zero-order valence-corrected chi connectivity index (χ0v) is 14.3. The second-order valence-electron chi connectivity index (χ2n) is 4.94. The van der Waals surface area contributed by atoms with Crippen LogP contribution in [0, 0.1) is 6.92 Å². The van der Waals surface area contributed by atoms with Crippen LogP contribution in [0.5, 0.6) is 0 Å². The van der Waals surface area contributed by atoms with Crippen molar-refractivity contribution in [2.24, 2.45) is 4.99 Å². The Hall–Kier alpha value is -2.66. The van der Waals surface area contributed by atoms with Gasteiger partial charge >= 0.3 is 11.9 Å². The summed E-state index contributed by atoms with van der Waals surface area (Å²) >= 11 is 5.93. The van der Waals surface area contributed by atoms with Crippen LogP contribution in [0.15, 0.2) is 41.4 Å². The van der Waals surface area contributed by atoms with Crippen molar-refractivity contribution in [2.45, 2.75) is 6.92 Å². The Bertz CT molecular complexity index is 780. The predicted octanol–water partition coefficient (Wildman–Crippen LogP) is 3.97. The van der Waals surface area contributed by atoms with Crippen molar-refractivity contribution in [1.82, 2.24) is 0 Å². The van der Waals surface area contributed by atoms with Crippen molar-refractivity contribution in [3.8, 4) is 0 Å². The van der Waals surface area contributed by atoms with E-state index in [9.17, 15) is 9.59 Å². The number of hydrogen-bond donors (Lipinski definition) is 0. The number of esters is 2. The summed E-state index contributed by atoms with van der Waals surface area (Å²) in [7, 11) is 2.55. The highest BCUT2D eigenvalue weighted by Crippen LogP contribution is 2.23. The number of nitrogens with zero attached hydrogens (tertiary/aromatic N) is 1. The fourth-order valence-electron chi connectivity index (χ4n) is 2.18. The van der Waals surface area contributed by atoms with Crippen molar-refractivity contribution in [1.29, 1.82) is 0 Å². The van der Waals surface area contributed by atoms with Gasteiger partial charge in [0.25, 0.3) is 0 Å². The summed E-state index contributed by atoms with van der Waals surface area (Å²) in [5.74, 6) is -1.12. The molecule has 0 amide bonds. The third-order valence-electron chi connectivity index (χ3n) is 3.41. The first-order valence-corrected chi connectivity index (χ1v) is 7.45. The lowest BCUT2D eigenvalue weighted by Gasteiger charge is -2.09. The van der Waals surface area contributed by atoms with Gasteiger partial charge in [0, 0.05) is 16.8 Å². The molecule has 2 rings (SSSR count). The van der Waals surface area contributed by atoms with Crippen molar-refractivity contribution >= 4 is 35.4 Å². The lowest BCUT2D eigenvalue weighted by Crippen LogP contribution is -2.12. The quantitative estimate of drug-likeness (QED) is 0.621. The molecule has 0 unspecified atom stereocenters. The Kier molecular flexibility index (Phi) is 5.71. The number of aliphatic imine (C=N–C) groups is 1. The fourth-order valence-corrected chi connectivity index (χ4v) is 2.40. The maximum Gasteiger partial charge on any atom is 0.338 e. The number of hydrogen-bond acceptors (Lipinski definition) is 5. The number of halogens is 1. The van der Waals surface area contributed by atoms with Gasteiger partial charge in [-0.1, -0.05) is 17.7 Å². The Balaban J connectivity index is 2.55. The highest BCUT2D eigenvalue weighted by Gasteiger charge is 2.18. The molecule has 0 saturated carbocycles. The molecule has 0 atom stereocenters. The maximum absolute atomic E-state index is 12.0. The molecule has 0 bridgehead atoms. The first-order chi connectivity index (χ1) is 11.5. The monoisotopic (exact) mass is 345 g/mol. The van der Waals surface area contributed by atoms with Crippen LogP contribution >= 0.6 is 11.6 Å². The van der Waals surface area contributed by atoms with Crippen LogP contribution in [0.4, 0.5) is 5.69 Å². The van der Waals surface area contributed by atoms with E-state index in [2.05, 4.69) is 4.99 Å². The van der Waals surface area contributed by atoms with Crippen LogP contribution in [-0.4, -0.2) is 32.4 Å². The summed E-state index contributed by atoms with van der Waals surface area (Å²) < 4.78 is 9.53. The van der Waals surface area contributed by atoms with Gasteiger partial charge in [0.15, 0.2) is 0 Å². The SMILES string of the molecule is COC(=O)c1cccc(C(=O)OC)c1C=Nc1ccc(Cl)cc1C. The Morgan fingerprint density at radius 3 is 2.12 bits per heavy atom. The molecule has 0 aliphatic carbocycles. The third-order valence-corrected chi connectivity index (χ3v) is 3.64. The van der Waals surface area contributed by atoms with E-state index in [0.29, 0.717) is 16.3 Å². The number of carbonyl (C=O) groups is 2. The van der Waals surface area contributed by atoms with Crippen LogP contribution in [0.2, 0.25) is 5.02 Å². The average Bonchev–Trinajstić information content (AvgIpc) is 2.59. The van der Waals surface area contributed by atoms with Gasteiger partial charge in [-0.2, -0.15) is 0 Å². The van der Waals surface area contributed by atoms with Gasteiger partial charge in [0.1, 0.15) is 0 Å². The van der Waals surface area contributed by atoms with Crippen LogP contribution in [0.25, 0.3) is 0 Å². The van der Waals surface area contributed by atoms with Crippen molar-refractivity contribution in [3.05, 3.63) is 63.7 Å². The van der Waals surface area contributed by atoms with Crippen molar-refractivity contribution < 1.29 is 19.1 Å². The molecular formula is C18H16ClNO4. The molecule has 0 aliphatic heterocycles. The van der Waals surface area contributed by atoms with E-state index in [-0.39, 0.29) is 11.1 Å². The first kappa shape index (κ1) is 17.7. The molecule has 5 nitrogen and oxygen atoms in total. The van der Waals surface area contributed by atoms with Crippen LogP contribution < -0.4 is 0 Å². The topological polar surface area (TPSA) is 65.0 Å². The number of ether oxygens (including phenoxy) is 2. The predicted molar refractivity (Wildman–Crippen MR) is 92.6 cm³/mol. The Labute approximate surface area is 144 Å². The molecule has 0 spiro atoms. The molecule has 0 aliphatic rings. The summed E-state index contributed by atoms with van der Waals surface area (Å²) in [5, 5.41) is 0.608. The van der Waals surface area contributed by atoms with Gasteiger partial charge < -0.3 is 9.47 Å². The Morgan fingerprint density at radius 2 is 1.62 bits per heavy atom. The smallest absolute Gasteiger partial charge is 0.338 e. The summed E-state index contributed by atoms with van der Waals surface area (Å²) in [5.41, 5.74) is 2.35. The number of rotatable bonds is 4. The third kappa shape index (κ3) is 3.81. The molecule has 0 heterocycles. The van der Waals surface area contributed by atoms with E-state index in [4.69, 9.17) is 21.1 Å². The number of benzene rings is 2. The minimum Gasteiger partial charge on any atom is -0.465 e. The van der Waals surface area contributed by atoms with Crippen LogP contribution in [0.3, 0.4) is 0 Å².